The summed E-state index contributed by atoms with van der Waals surface area (Å²) in [6.45, 7) is 3.59. The van der Waals surface area contributed by atoms with E-state index in [1.807, 2.05) is 11.8 Å². The number of nitrogens with zero attached hydrogens (tertiary/aromatic N) is 2. The molecule has 8 heteroatoms. The summed E-state index contributed by atoms with van der Waals surface area (Å²) in [6, 6.07) is -0.392. The predicted molar refractivity (Wildman–Crippen MR) is 139 cm³/mol. The molecule has 198 valence electrons. The lowest BCUT2D eigenvalue weighted by Gasteiger charge is -2.40. The average Bonchev–Trinajstić information content (AvgIpc) is 3.18. The van der Waals surface area contributed by atoms with Gasteiger partial charge in [-0.1, -0.05) is 56.4 Å². The molecule has 0 aromatic rings. The lowest BCUT2D eigenvalue weighted by Crippen LogP contribution is -2.55. The van der Waals surface area contributed by atoms with Crippen molar-refractivity contribution in [2.24, 2.45) is 11.8 Å². The van der Waals surface area contributed by atoms with E-state index in [0.717, 1.165) is 51.4 Å². The molecule has 1 unspecified atom stereocenters. The Morgan fingerprint density at radius 2 is 1.78 bits per heavy atom. The molecule has 0 aromatic heterocycles. The van der Waals surface area contributed by atoms with E-state index in [1.54, 1.807) is 16.7 Å². The number of esters is 1. The van der Waals surface area contributed by atoms with Crippen LogP contribution in [0.5, 0.6) is 0 Å². The molecule has 1 N–H and O–H groups in total. The van der Waals surface area contributed by atoms with Gasteiger partial charge in [0.05, 0.1) is 23.2 Å². The van der Waals surface area contributed by atoms with E-state index >= 15 is 0 Å². The van der Waals surface area contributed by atoms with E-state index in [-0.39, 0.29) is 30.4 Å². The van der Waals surface area contributed by atoms with E-state index in [1.165, 1.54) is 6.42 Å². The van der Waals surface area contributed by atoms with Crippen LogP contribution in [-0.2, 0) is 19.1 Å². The molecule has 5 atom stereocenters. The van der Waals surface area contributed by atoms with Crippen molar-refractivity contribution in [2.75, 3.05) is 26.3 Å². The van der Waals surface area contributed by atoms with Crippen LogP contribution in [0.2, 0.25) is 0 Å². The van der Waals surface area contributed by atoms with Crippen LogP contribution in [0.15, 0.2) is 24.3 Å². The van der Waals surface area contributed by atoms with Gasteiger partial charge in [0, 0.05) is 30.5 Å². The Balaban J connectivity index is 1.52. The highest BCUT2D eigenvalue weighted by molar-refractivity contribution is 8.02. The van der Waals surface area contributed by atoms with Crippen molar-refractivity contribution in [2.45, 2.75) is 92.7 Å². The summed E-state index contributed by atoms with van der Waals surface area (Å²) in [5.74, 6) is -1.59. The number of hydrogen-bond acceptors (Lipinski definition) is 6. The van der Waals surface area contributed by atoms with Gasteiger partial charge in [-0.2, -0.15) is 0 Å². The molecule has 2 amide bonds. The number of rotatable bonds is 7. The maximum atomic E-state index is 14.4. The molecular weight excluding hydrogens is 476 g/mol. The molecule has 0 aromatic carbocycles. The number of unbranched alkanes of at least 4 members (excludes halogenated alkanes) is 3. The van der Waals surface area contributed by atoms with Gasteiger partial charge >= 0.3 is 5.97 Å². The second-order valence-electron chi connectivity index (χ2n) is 11.2. The van der Waals surface area contributed by atoms with Crippen molar-refractivity contribution in [3.8, 4) is 0 Å². The summed E-state index contributed by atoms with van der Waals surface area (Å²) in [4.78, 5) is 45.8. The highest BCUT2D eigenvalue weighted by Gasteiger charge is 2.73. The quantitative estimate of drug-likeness (QED) is 0.317. The molecule has 5 rings (SSSR count). The zero-order valence-electron chi connectivity index (χ0n) is 21.4. The normalized spacial score (nSPS) is 36.7. The first kappa shape index (κ1) is 25.8. The van der Waals surface area contributed by atoms with Crippen molar-refractivity contribution in [1.29, 1.82) is 0 Å². The predicted octanol–water partition coefficient (Wildman–Crippen LogP) is 3.46. The Labute approximate surface area is 218 Å². The summed E-state index contributed by atoms with van der Waals surface area (Å²) in [6.07, 6.45) is 17.8. The maximum Gasteiger partial charge on any atom is 0.311 e. The molecule has 1 spiro atoms. The van der Waals surface area contributed by atoms with Gasteiger partial charge in [-0.25, -0.2) is 0 Å². The Hall–Kier alpha value is -1.80. The van der Waals surface area contributed by atoms with E-state index in [0.29, 0.717) is 26.1 Å². The van der Waals surface area contributed by atoms with Crippen LogP contribution >= 0.6 is 11.8 Å². The lowest BCUT2D eigenvalue weighted by molar-refractivity contribution is -0.154. The minimum absolute atomic E-state index is 0.0424. The number of amides is 2. The minimum atomic E-state index is -0.782. The SMILES string of the molecule is C[C@]12C=CCCOC(=O)[C@H]1[C@H]1C(=O)N(CCCCCCO)C3C(=O)N(C4CCCCC4)CC=C[C@@]31S2. The van der Waals surface area contributed by atoms with Crippen molar-refractivity contribution >= 4 is 29.5 Å². The lowest BCUT2D eigenvalue weighted by atomic mass is 9.74. The van der Waals surface area contributed by atoms with Crippen molar-refractivity contribution in [3.63, 3.8) is 0 Å². The monoisotopic (exact) mass is 516 g/mol. The fourth-order valence-corrected chi connectivity index (χ4v) is 9.37. The summed E-state index contributed by atoms with van der Waals surface area (Å²) in [7, 11) is 0. The van der Waals surface area contributed by atoms with Gasteiger partial charge in [0.1, 0.15) is 6.04 Å². The van der Waals surface area contributed by atoms with Crippen molar-refractivity contribution in [1.82, 2.24) is 9.80 Å². The number of aliphatic hydroxyl groups is 1. The van der Waals surface area contributed by atoms with E-state index in [9.17, 15) is 14.4 Å². The third-order valence-corrected chi connectivity index (χ3v) is 10.7. The summed E-state index contributed by atoms with van der Waals surface area (Å²) >= 11 is 1.63. The van der Waals surface area contributed by atoms with Gasteiger partial charge in [0.2, 0.25) is 11.8 Å². The smallest absolute Gasteiger partial charge is 0.311 e. The van der Waals surface area contributed by atoms with Crippen LogP contribution in [-0.4, -0.2) is 80.6 Å². The molecule has 36 heavy (non-hydrogen) atoms. The third kappa shape index (κ3) is 4.32. The fraction of sp³-hybridized carbons (Fsp3) is 0.750. The molecule has 1 aliphatic carbocycles. The number of fused-ring (bicyclic) bond motifs is 2. The number of thioether (sulfide) groups is 1. The first-order valence-electron chi connectivity index (χ1n) is 13.9. The molecule has 4 heterocycles. The molecule has 0 radical (unpaired) electrons. The Morgan fingerprint density at radius 1 is 1.00 bits per heavy atom. The standard InChI is InChI=1S/C28H40N2O5S/c1-27-14-7-10-19-35-26(34)22(27)21-24(32)30(16-8-2-3-9-18-31)23-25(33)29(20-12-5-4-6-13-20)17-11-15-28(21,23)36-27/h7,11,14-15,20-23,31H,2-6,8-10,12-13,16-19H2,1H3/t21-,22+,23?,27-,28-/m0/s1. The number of cyclic esters (lactones) is 1. The maximum absolute atomic E-state index is 14.4. The molecular formula is C28H40N2O5S. The number of carbonyl (C=O) groups excluding carboxylic acids is 3. The molecule has 5 aliphatic rings. The van der Waals surface area contributed by atoms with Crippen molar-refractivity contribution in [3.05, 3.63) is 24.3 Å². The van der Waals surface area contributed by atoms with E-state index < -0.39 is 27.4 Å². The zero-order valence-corrected chi connectivity index (χ0v) is 22.2. The largest absolute Gasteiger partial charge is 0.465 e. The first-order valence-corrected chi connectivity index (χ1v) is 14.7. The van der Waals surface area contributed by atoms with E-state index in [4.69, 9.17) is 9.84 Å². The van der Waals surface area contributed by atoms with Crippen LogP contribution in [0.3, 0.4) is 0 Å². The minimum Gasteiger partial charge on any atom is -0.465 e. The Kier molecular flexibility index (Phi) is 7.55. The molecule has 7 nitrogen and oxygen atoms in total. The molecule has 0 bridgehead atoms. The molecule has 1 saturated carbocycles. The average molecular weight is 517 g/mol. The van der Waals surface area contributed by atoms with Crippen LogP contribution in [0.1, 0.15) is 71.1 Å². The Morgan fingerprint density at radius 3 is 2.56 bits per heavy atom. The topological polar surface area (TPSA) is 87.1 Å². The van der Waals surface area contributed by atoms with Crippen LogP contribution in [0, 0.1) is 11.8 Å². The van der Waals surface area contributed by atoms with Crippen LogP contribution < -0.4 is 0 Å². The molecule has 4 aliphatic heterocycles. The van der Waals surface area contributed by atoms with E-state index in [2.05, 4.69) is 24.3 Å². The Bertz CT molecular complexity index is 931. The zero-order chi connectivity index (χ0) is 25.3. The second-order valence-corrected chi connectivity index (χ2v) is 13.0. The number of likely N-dealkylation sites (tertiary alicyclic amines) is 1. The van der Waals surface area contributed by atoms with Gasteiger partial charge in [0.25, 0.3) is 0 Å². The number of ether oxygens (including phenoxy) is 1. The van der Waals surface area contributed by atoms with Crippen LogP contribution in [0.4, 0.5) is 0 Å². The summed E-state index contributed by atoms with van der Waals surface area (Å²) < 4.78 is 4.23. The van der Waals surface area contributed by atoms with Gasteiger partial charge in [0.15, 0.2) is 0 Å². The first-order chi connectivity index (χ1) is 17.4. The third-order valence-electron chi connectivity index (χ3n) is 8.87. The highest BCUT2D eigenvalue weighted by Crippen LogP contribution is 2.65. The van der Waals surface area contributed by atoms with Gasteiger partial charge in [-0.3, -0.25) is 14.4 Å². The molecule has 3 fully saturated rings. The number of aliphatic hydroxyl groups excluding tert-OH is 1. The number of carbonyl (C=O) groups is 3. The highest BCUT2D eigenvalue weighted by atomic mass is 32.2. The summed E-state index contributed by atoms with van der Waals surface area (Å²) in [5.41, 5.74) is 0. The molecule has 2 saturated heterocycles. The van der Waals surface area contributed by atoms with Crippen molar-refractivity contribution < 1.29 is 24.2 Å². The van der Waals surface area contributed by atoms with Gasteiger partial charge in [-0.15, -0.1) is 11.8 Å². The number of hydrogen-bond donors (Lipinski definition) is 1. The second kappa shape index (κ2) is 10.5. The summed E-state index contributed by atoms with van der Waals surface area (Å²) in [5, 5.41) is 9.13. The van der Waals surface area contributed by atoms with Gasteiger partial charge < -0.3 is 19.6 Å². The fourth-order valence-electron chi connectivity index (χ4n) is 7.21. The van der Waals surface area contributed by atoms with Gasteiger partial charge in [-0.05, 0) is 39.0 Å². The van der Waals surface area contributed by atoms with Crippen LogP contribution in [0.25, 0.3) is 0 Å².